The molecule has 0 amide bonds. The molecule has 1 saturated heterocycles. The number of hydrogen-bond acceptors (Lipinski definition) is 5. The Morgan fingerprint density at radius 3 is 2.67 bits per heavy atom. The van der Waals surface area contributed by atoms with Gasteiger partial charge in [0, 0.05) is 25.3 Å². The molecule has 1 aromatic rings. The maximum atomic E-state index is 12.2. The molecule has 1 aliphatic rings. The minimum absolute atomic E-state index is 0.169. The third-order valence-electron chi connectivity index (χ3n) is 3.70. The number of para-hydroxylation sites is 1. The van der Waals surface area contributed by atoms with Crippen molar-refractivity contribution in [1.29, 1.82) is 0 Å². The largest absolute Gasteiger partial charge is 0.493 e. The maximum Gasteiger partial charge on any atom is 0.153 e. The lowest BCUT2D eigenvalue weighted by molar-refractivity contribution is 0.0983. The summed E-state index contributed by atoms with van der Waals surface area (Å²) in [7, 11) is -3.04. The van der Waals surface area contributed by atoms with Crippen LogP contribution in [0.4, 0.5) is 0 Å². The molecule has 0 unspecified atom stereocenters. The number of nitrogens with two attached hydrogens (primary N) is 1. The molecular weight excluding hydrogens is 290 g/mol. The highest BCUT2D eigenvalue weighted by atomic mass is 32.2. The van der Waals surface area contributed by atoms with Crippen LogP contribution in [0.3, 0.4) is 0 Å². The highest BCUT2D eigenvalue weighted by Crippen LogP contribution is 2.19. The molecule has 0 aliphatic carbocycles. The second-order valence-electron chi connectivity index (χ2n) is 5.19. The number of sulfone groups is 1. The van der Waals surface area contributed by atoms with Crippen LogP contribution >= 0.6 is 0 Å². The molecule has 1 aromatic carbocycles. The second kappa shape index (κ2) is 7.77. The van der Waals surface area contributed by atoms with Crippen molar-refractivity contribution in [2.45, 2.75) is 31.1 Å². The SMILES string of the molecule is NCc1ccccc1OCCCS(=O)(=O)C1CCOCC1. The third kappa shape index (κ3) is 4.69. The van der Waals surface area contributed by atoms with Crippen LogP contribution in [0.2, 0.25) is 0 Å². The van der Waals surface area contributed by atoms with Gasteiger partial charge in [-0.2, -0.15) is 0 Å². The summed E-state index contributed by atoms with van der Waals surface area (Å²) in [4.78, 5) is 0. The quantitative estimate of drug-likeness (QED) is 0.772. The van der Waals surface area contributed by atoms with E-state index < -0.39 is 9.84 Å². The molecule has 1 fully saturated rings. The highest BCUT2D eigenvalue weighted by molar-refractivity contribution is 7.92. The van der Waals surface area contributed by atoms with Gasteiger partial charge in [-0.3, -0.25) is 0 Å². The minimum atomic E-state index is -3.04. The van der Waals surface area contributed by atoms with Crippen LogP contribution in [0, 0.1) is 0 Å². The molecular formula is C15H23NO4S. The zero-order valence-corrected chi connectivity index (χ0v) is 13.0. The van der Waals surface area contributed by atoms with E-state index in [9.17, 15) is 8.42 Å². The number of hydrogen-bond donors (Lipinski definition) is 1. The molecule has 6 heteroatoms. The molecule has 0 spiro atoms. The Hall–Kier alpha value is -1.11. The average Bonchev–Trinajstić information content (AvgIpc) is 2.53. The Morgan fingerprint density at radius 1 is 1.24 bits per heavy atom. The fraction of sp³-hybridized carbons (Fsp3) is 0.600. The summed E-state index contributed by atoms with van der Waals surface area (Å²) < 4.78 is 35.2. The van der Waals surface area contributed by atoms with Gasteiger partial charge in [0.05, 0.1) is 17.6 Å². The summed E-state index contributed by atoms with van der Waals surface area (Å²) in [6, 6.07) is 7.56. The van der Waals surface area contributed by atoms with Gasteiger partial charge in [-0.05, 0) is 25.3 Å². The lowest BCUT2D eigenvalue weighted by Gasteiger charge is -2.22. The third-order valence-corrected chi connectivity index (χ3v) is 6.04. The maximum absolute atomic E-state index is 12.2. The van der Waals surface area contributed by atoms with Crippen LogP contribution in [0.25, 0.3) is 0 Å². The molecule has 1 heterocycles. The standard InChI is InChI=1S/C15H23NO4S/c16-12-13-4-1-2-5-15(13)20-8-3-11-21(17,18)14-6-9-19-10-7-14/h1-2,4-5,14H,3,6-12,16H2. The summed E-state index contributed by atoms with van der Waals surface area (Å²) in [5.41, 5.74) is 6.57. The first kappa shape index (κ1) is 16.3. The number of rotatable bonds is 7. The summed E-state index contributed by atoms with van der Waals surface area (Å²) in [6.45, 7) is 1.89. The van der Waals surface area contributed by atoms with Gasteiger partial charge < -0.3 is 15.2 Å². The van der Waals surface area contributed by atoms with E-state index in [2.05, 4.69) is 0 Å². The van der Waals surface area contributed by atoms with Gasteiger partial charge >= 0.3 is 0 Å². The van der Waals surface area contributed by atoms with Crippen molar-refractivity contribution >= 4 is 9.84 Å². The van der Waals surface area contributed by atoms with Crippen LogP contribution in [-0.4, -0.2) is 39.2 Å². The Kier molecular flexibility index (Phi) is 6.02. The summed E-state index contributed by atoms with van der Waals surface area (Å²) in [5, 5.41) is -0.248. The zero-order valence-electron chi connectivity index (χ0n) is 12.2. The average molecular weight is 313 g/mol. The van der Waals surface area contributed by atoms with Crippen molar-refractivity contribution < 1.29 is 17.9 Å². The topological polar surface area (TPSA) is 78.6 Å². The minimum Gasteiger partial charge on any atom is -0.493 e. The van der Waals surface area contributed by atoms with Crippen molar-refractivity contribution in [2.75, 3.05) is 25.6 Å². The number of benzene rings is 1. The van der Waals surface area contributed by atoms with Crippen molar-refractivity contribution in [3.8, 4) is 5.75 Å². The van der Waals surface area contributed by atoms with E-state index in [4.69, 9.17) is 15.2 Å². The molecule has 2 rings (SSSR count). The second-order valence-corrected chi connectivity index (χ2v) is 7.59. The fourth-order valence-corrected chi connectivity index (χ4v) is 4.22. The molecule has 0 bridgehead atoms. The molecule has 21 heavy (non-hydrogen) atoms. The Balaban J connectivity index is 1.78. The van der Waals surface area contributed by atoms with Gasteiger partial charge in [-0.25, -0.2) is 8.42 Å². The normalized spacial score (nSPS) is 16.8. The van der Waals surface area contributed by atoms with E-state index in [1.165, 1.54) is 0 Å². The fourth-order valence-electron chi connectivity index (χ4n) is 2.46. The van der Waals surface area contributed by atoms with Crippen LogP contribution in [0.5, 0.6) is 5.75 Å². The van der Waals surface area contributed by atoms with E-state index in [0.717, 1.165) is 11.3 Å². The van der Waals surface area contributed by atoms with E-state index in [1.54, 1.807) is 0 Å². The van der Waals surface area contributed by atoms with Gasteiger partial charge in [0.2, 0.25) is 0 Å². The molecule has 0 radical (unpaired) electrons. The van der Waals surface area contributed by atoms with Crippen molar-refractivity contribution in [3.05, 3.63) is 29.8 Å². The number of ether oxygens (including phenoxy) is 2. The van der Waals surface area contributed by atoms with Crippen molar-refractivity contribution in [3.63, 3.8) is 0 Å². The molecule has 0 saturated carbocycles. The Bertz CT molecular complexity index is 538. The van der Waals surface area contributed by atoms with Gasteiger partial charge in [0.1, 0.15) is 5.75 Å². The lowest BCUT2D eigenvalue weighted by Crippen LogP contribution is -2.31. The Morgan fingerprint density at radius 2 is 1.95 bits per heavy atom. The van der Waals surface area contributed by atoms with E-state index in [-0.39, 0.29) is 11.0 Å². The first-order valence-corrected chi connectivity index (χ1v) is 9.05. The van der Waals surface area contributed by atoms with Gasteiger partial charge in [-0.15, -0.1) is 0 Å². The Labute approximate surface area is 126 Å². The van der Waals surface area contributed by atoms with Gasteiger partial charge in [-0.1, -0.05) is 18.2 Å². The van der Waals surface area contributed by atoms with Crippen LogP contribution in [0.1, 0.15) is 24.8 Å². The summed E-state index contributed by atoms with van der Waals surface area (Å²) >= 11 is 0. The predicted molar refractivity (Wildman–Crippen MR) is 82.1 cm³/mol. The van der Waals surface area contributed by atoms with Crippen LogP contribution in [-0.2, 0) is 21.1 Å². The molecule has 0 atom stereocenters. The molecule has 0 aromatic heterocycles. The molecule has 1 aliphatic heterocycles. The van der Waals surface area contributed by atoms with E-state index in [1.807, 2.05) is 24.3 Å². The van der Waals surface area contributed by atoms with E-state index in [0.29, 0.717) is 45.6 Å². The van der Waals surface area contributed by atoms with E-state index >= 15 is 0 Å². The first-order valence-electron chi connectivity index (χ1n) is 7.33. The molecule has 118 valence electrons. The van der Waals surface area contributed by atoms with Crippen LogP contribution < -0.4 is 10.5 Å². The first-order chi connectivity index (χ1) is 10.1. The predicted octanol–water partition coefficient (Wildman–Crippen LogP) is 1.51. The van der Waals surface area contributed by atoms with Crippen molar-refractivity contribution in [2.24, 2.45) is 5.73 Å². The zero-order chi connectivity index (χ0) is 15.1. The van der Waals surface area contributed by atoms with Crippen LogP contribution in [0.15, 0.2) is 24.3 Å². The molecule has 5 nitrogen and oxygen atoms in total. The highest BCUT2D eigenvalue weighted by Gasteiger charge is 2.27. The smallest absolute Gasteiger partial charge is 0.153 e. The van der Waals surface area contributed by atoms with Gasteiger partial charge in [0.15, 0.2) is 9.84 Å². The monoisotopic (exact) mass is 313 g/mol. The van der Waals surface area contributed by atoms with Gasteiger partial charge in [0.25, 0.3) is 0 Å². The molecule has 2 N–H and O–H groups in total. The summed E-state index contributed by atoms with van der Waals surface area (Å²) in [5.74, 6) is 0.908. The summed E-state index contributed by atoms with van der Waals surface area (Å²) in [6.07, 6.45) is 1.72. The lowest BCUT2D eigenvalue weighted by atomic mass is 10.2. The van der Waals surface area contributed by atoms with Crippen molar-refractivity contribution in [1.82, 2.24) is 0 Å².